The summed E-state index contributed by atoms with van der Waals surface area (Å²) < 4.78 is 1.77. The van der Waals surface area contributed by atoms with E-state index in [1.165, 1.54) is 5.56 Å². The van der Waals surface area contributed by atoms with E-state index in [0.717, 1.165) is 11.4 Å². The van der Waals surface area contributed by atoms with Crippen LogP contribution in [0.4, 0.5) is 10.6 Å². The lowest BCUT2D eigenvalue weighted by molar-refractivity contribution is 0.176. The maximum atomic E-state index is 12.5. The molecule has 134 valence electrons. The number of urea groups is 1. The van der Waals surface area contributed by atoms with Crippen molar-refractivity contribution < 1.29 is 9.90 Å². The van der Waals surface area contributed by atoms with Crippen molar-refractivity contribution in [3.8, 4) is 5.69 Å². The van der Waals surface area contributed by atoms with Crippen LogP contribution in [0.15, 0.2) is 30.3 Å². The largest absolute Gasteiger partial charge is 0.391 e. The second-order valence-electron chi connectivity index (χ2n) is 7.73. The minimum Gasteiger partial charge on any atom is -0.391 e. The van der Waals surface area contributed by atoms with Crippen LogP contribution in [0, 0.1) is 6.92 Å². The predicted octanol–water partition coefficient (Wildman–Crippen LogP) is 3.08. The van der Waals surface area contributed by atoms with Crippen LogP contribution in [-0.2, 0) is 5.41 Å². The first-order valence-corrected chi connectivity index (χ1v) is 8.65. The highest BCUT2D eigenvalue weighted by molar-refractivity contribution is 5.89. The minimum atomic E-state index is -0.433. The van der Waals surface area contributed by atoms with Crippen molar-refractivity contribution in [3.05, 3.63) is 41.6 Å². The first-order valence-electron chi connectivity index (χ1n) is 8.65. The topological polar surface area (TPSA) is 70.4 Å². The average Bonchev–Trinajstić information content (AvgIpc) is 3.14. The number of amides is 2. The number of carbonyl (C=O) groups is 1. The first-order chi connectivity index (χ1) is 11.7. The van der Waals surface area contributed by atoms with Crippen LogP contribution in [-0.4, -0.2) is 45.0 Å². The number of nitrogens with zero attached hydrogens (tertiary/aromatic N) is 3. The molecule has 2 amide bonds. The molecule has 3 rings (SSSR count). The van der Waals surface area contributed by atoms with E-state index in [0.29, 0.717) is 25.3 Å². The van der Waals surface area contributed by atoms with Crippen LogP contribution in [0.5, 0.6) is 0 Å². The van der Waals surface area contributed by atoms with E-state index < -0.39 is 6.10 Å². The van der Waals surface area contributed by atoms with Crippen LogP contribution in [0.1, 0.15) is 38.4 Å². The molecule has 1 aromatic carbocycles. The molecule has 0 saturated carbocycles. The maximum Gasteiger partial charge on any atom is 0.323 e. The molecule has 0 bridgehead atoms. The fourth-order valence-corrected chi connectivity index (χ4v) is 2.83. The second kappa shape index (κ2) is 6.52. The van der Waals surface area contributed by atoms with Crippen molar-refractivity contribution in [3.63, 3.8) is 0 Å². The number of rotatable bonds is 2. The molecule has 0 unspecified atom stereocenters. The van der Waals surface area contributed by atoms with Crippen LogP contribution < -0.4 is 5.32 Å². The van der Waals surface area contributed by atoms with Crippen LogP contribution >= 0.6 is 0 Å². The Balaban J connectivity index is 1.92. The lowest BCUT2D eigenvalue weighted by Crippen LogP contribution is -2.34. The molecule has 1 aliphatic rings. The van der Waals surface area contributed by atoms with Crippen molar-refractivity contribution in [1.29, 1.82) is 0 Å². The van der Waals surface area contributed by atoms with E-state index in [-0.39, 0.29) is 11.4 Å². The van der Waals surface area contributed by atoms with Crippen LogP contribution in [0.3, 0.4) is 0 Å². The number of aromatic nitrogens is 2. The molecule has 25 heavy (non-hydrogen) atoms. The summed E-state index contributed by atoms with van der Waals surface area (Å²) in [5.41, 5.74) is 2.85. The van der Waals surface area contributed by atoms with Gasteiger partial charge < -0.3 is 10.0 Å². The van der Waals surface area contributed by atoms with Gasteiger partial charge in [0.25, 0.3) is 0 Å². The van der Waals surface area contributed by atoms with Gasteiger partial charge in [0.15, 0.2) is 0 Å². The average molecular weight is 342 g/mol. The number of aliphatic hydroxyl groups excluding tert-OH is 1. The lowest BCUT2D eigenvalue weighted by atomic mass is 9.92. The number of nitrogens with one attached hydrogen (secondary N) is 1. The van der Waals surface area contributed by atoms with Gasteiger partial charge >= 0.3 is 6.03 Å². The van der Waals surface area contributed by atoms with Gasteiger partial charge in [-0.1, -0.05) is 38.5 Å². The molecule has 2 aromatic rings. The summed E-state index contributed by atoms with van der Waals surface area (Å²) in [7, 11) is 0. The molecule has 1 aliphatic heterocycles. The third-order valence-corrected chi connectivity index (χ3v) is 4.44. The molecule has 6 nitrogen and oxygen atoms in total. The molecule has 0 spiro atoms. The molecule has 1 aromatic heterocycles. The van der Waals surface area contributed by atoms with Gasteiger partial charge in [-0.15, -0.1) is 0 Å². The number of carbonyl (C=O) groups excluding carboxylic acids is 1. The number of anilines is 1. The zero-order valence-electron chi connectivity index (χ0n) is 15.3. The zero-order chi connectivity index (χ0) is 18.2. The fraction of sp³-hybridized carbons (Fsp3) is 0.474. The van der Waals surface area contributed by atoms with Crippen molar-refractivity contribution in [2.45, 2.75) is 45.6 Å². The van der Waals surface area contributed by atoms with Gasteiger partial charge in [0.05, 0.1) is 17.5 Å². The Bertz CT molecular complexity index is 759. The Morgan fingerprint density at radius 3 is 2.52 bits per heavy atom. The summed E-state index contributed by atoms with van der Waals surface area (Å²) in [6, 6.07) is 9.75. The summed E-state index contributed by atoms with van der Waals surface area (Å²) in [5, 5.41) is 17.3. The summed E-state index contributed by atoms with van der Waals surface area (Å²) in [6.45, 7) is 9.26. The van der Waals surface area contributed by atoms with Gasteiger partial charge in [0.2, 0.25) is 0 Å². The highest BCUT2D eigenvalue weighted by Crippen LogP contribution is 2.27. The molecule has 0 aliphatic carbocycles. The van der Waals surface area contributed by atoms with Crippen LogP contribution in [0.25, 0.3) is 5.69 Å². The fourth-order valence-electron chi connectivity index (χ4n) is 2.83. The van der Waals surface area contributed by atoms with Crippen molar-refractivity contribution in [2.75, 3.05) is 18.4 Å². The Morgan fingerprint density at radius 2 is 1.96 bits per heavy atom. The highest BCUT2D eigenvalue weighted by Gasteiger charge is 2.27. The van der Waals surface area contributed by atoms with Gasteiger partial charge in [-0.05, 0) is 25.5 Å². The highest BCUT2D eigenvalue weighted by atomic mass is 16.3. The number of hydrogen-bond donors (Lipinski definition) is 2. The van der Waals surface area contributed by atoms with Gasteiger partial charge in [0, 0.05) is 24.6 Å². The molecule has 1 atom stereocenters. The Kier molecular flexibility index (Phi) is 4.56. The number of β-amino-alcohol motifs (C(OH)–C–C–N with tert-alkyl or cyclic N) is 1. The van der Waals surface area contributed by atoms with Crippen molar-refractivity contribution in [2.24, 2.45) is 0 Å². The smallest absolute Gasteiger partial charge is 0.323 e. The van der Waals surface area contributed by atoms with Crippen molar-refractivity contribution >= 4 is 11.8 Å². The van der Waals surface area contributed by atoms with E-state index in [9.17, 15) is 9.90 Å². The molecule has 2 N–H and O–H groups in total. The SMILES string of the molecule is Cc1ccc(-n2nc(C(C)(C)C)cc2NC(=O)N2CC[C@H](O)C2)cc1. The number of likely N-dealkylation sites (tertiary alicyclic amines) is 1. The molecular weight excluding hydrogens is 316 g/mol. The molecule has 2 heterocycles. The summed E-state index contributed by atoms with van der Waals surface area (Å²) in [4.78, 5) is 14.2. The Hall–Kier alpha value is -2.34. The van der Waals surface area contributed by atoms with Crippen LogP contribution in [0.2, 0.25) is 0 Å². The summed E-state index contributed by atoms with van der Waals surface area (Å²) in [5.74, 6) is 0.639. The first kappa shape index (κ1) is 17.5. The molecule has 0 radical (unpaired) electrons. The lowest BCUT2D eigenvalue weighted by Gasteiger charge is -2.17. The standard InChI is InChI=1S/C19H26N4O2/c1-13-5-7-14(8-6-13)23-17(11-16(21-23)19(2,3)4)20-18(25)22-10-9-15(24)12-22/h5-8,11,15,24H,9-10,12H2,1-4H3,(H,20,25)/t15-/m0/s1. The Labute approximate surface area is 148 Å². The third kappa shape index (κ3) is 3.85. The van der Waals surface area contributed by atoms with Gasteiger partial charge in [-0.2, -0.15) is 5.10 Å². The van der Waals surface area contributed by atoms with Gasteiger partial charge in [0.1, 0.15) is 5.82 Å². The van der Waals surface area contributed by atoms with Gasteiger partial charge in [-0.25, -0.2) is 9.48 Å². The molecule has 6 heteroatoms. The monoisotopic (exact) mass is 342 g/mol. The Morgan fingerprint density at radius 1 is 1.28 bits per heavy atom. The molecule has 1 fully saturated rings. The second-order valence-corrected chi connectivity index (χ2v) is 7.73. The number of hydrogen-bond acceptors (Lipinski definition) is 3. The summed E-state index contributed by atoms with van der Waals surface area (Å²) in [6.07, 6.45) is 0.190. The molecule has 1 saturated heterocycles. The third-order valence-electron chi connectivity index (χ3n) is 4.44. The normalized spacial score (nSPS) is 17.8. The van der Waals surface area contributed by atoms with Gasteiger partial charge in [-0.3, -0.25) is 5.32 Å². The van der Waals surface area contributed by atoms with E-state index in [2.05, 4.69) is 26.1 Å². The number of aryl methyl sites for hydroxylation is 1. The quantitative estimate of drug-likeness (QED) is 0.881. The predicted molar refractivity (Wildman–Crippen MR) is 98.2 cm³/mol. The zero-order valence-corrected chi connectivity index (χ0v) is 15.3. The van der Waals surface area contributed by atoms with E-state index >= 15 is 0 Å². The molecular formula is C19H26N4O2. The van der Waals surface area contributed by atoms with E-state index in [4.69, 9.17) is 5.10 Å². The number of benzene rings is 1. The van der Waals surface area contributed by atoms with Crippen molar-refractivity contribution in [1.82, 2.24) is 14.7 Å². The van der Waals surface area contributed by atoms with E-state index in [1.807, 2.05) is 37.3 Å². The summed E-state index contributed by atoms with van der Waals surface area (Å²) >= 11 is 0. The van der Waals surface area contributed by atoms with E-state index in [1.54, 1.807) is 9.58 Å². The minimum absolute atomic E-state index is 0.126. The maximum absolute atomic E-state index is 12.5. The number of aliphatic hydroxyl groups is 1.